The van der Waals surface area contributed by atoms with Crippen molar-refractivity contribution < 1.29 is 9.47 Å². The second-order valence-corrected chi connectivity index (χ2v) is 6.80. The minimum atomic E-state index is 0.603. The van der Waals surface area contributed by atoms with Crippen molar-refractivity contribution in [3.8, 4) is 11.5 Å². The third kappa shape index (κ3) is 2.56. The van der Waals surface area contributed by atoms with E-state index in [1.807, 2.05) is 18.2 Å². The molecule has 4 nitrogen and oxygen atoms in total. The summed E-state index contributed by atoms with van der Waals surface area (Å²) in [5.74, 6) is 1.60. The molecule has 1 aliphatic rings. The van der Waals surface area contributed by atoms with Gasteiger partial charge in [0.25, 0.3) is 0 Å². The van der Waals surface area contributed by atoms with Crippen LogP contribution in [0.3, 0.4) is 0 Å². The number of halogens is 1. The molecule has 0 saturated heterocycles. The predicted octanol–water partition coefficient (Wildman–Crippen LogP) is 3.22. The fraction of sp³-hybridized carbons (Fsp3) is 0.200. The monoisotopic (exact) mass is 330 g/mol. The number of hydrogen-bond acceptors (Lipinski definition) is 6. The Kier molecular flexibility index (Phi) is 3.21. The quantitative estimate of drug-likeness (QED) is 0.845. The molecule has 2 heterocycles. The van der Waals surface area contributed by atoms with E-state index in [0.29, 0.717) is 13.2 Å². The van der Waals surface area contributed by atoms with Gasteiger partial charge in [0.05, 0.1) is 0 Å². The fourth-order valence-electron chi connectivity index (χ4n) is 1.42. The molecule has 0 unspecified atom stereocenters. The lowest BCUT2D eigenvalue weighted by Gasteiger charge is -2.18. The van der Waals surface area contributed by atoms with Gasteiger partial charge in [-0.25, -0.2) is 0 Å². The van der Waals surface area contributed by atoms with E-state index in [1.54, 1.807) is 11.8 Å². The highest BCUT2D eigenvalue weighted by atomic mass is 79.9. The van der Waals surface area contributed by atoms with Gasteiger partial charge < -0.3 is 9.47 Å². The minimum Gasteiger partial charge on any atom is -0.486 e. The van der Waals surface area contributed by atoms with Crippen LogP contribution in [0, 0.1) is 0 Å². The number of fused-ring (bicyclic) bond motifs is 1. The van der Waals surface area contributed by atoms with Crippen LogP contribution < -0.4 is 9.47 Å². The summed E-state index contributed by atoms with van der Waals surface area (Å²) in [7, 11) is 0. The lowest BCUT2D eigenvalue weighted by Crippen LogP contribution is -2.15. The number of ether oxygens (including phenoxy) is 2. The molecule has 0 aliphatic carbocycles. The number of benzene rings is 1. The van der Waals surface area contributed by atoms with Gasteiger partial charge >= 0.3 is 0 Å². The van der Waals surface area contributed by atoms with Crippen LogP contribution >= 0.6 is 39.0 Å². The summed E-state index contributed by atoms with van der Waals surface area (Å²) in [5, 5.41) is 7.94. The first-order chi connectivity index (χ1) is 8.31. The molecule has 0 amide bonds. The highest BCUT2D eigenvalue weighted by Gasteiger charge is 2.13. The molecule has 0 spiro atoms. The average Bonchev–Trinajstić information content (AvgIpc) is 2.75. The molecule has 1 aliphatic heterocycles. The Bertz CT molecular complexity index is 547. The van der Waals surface area contributed by atoms with E-state index in [1.165, 1.54) is 11.3 Å². The number of nitrogens with zero attached hydrogens (tertiary/aromatic N) is 2. The SMILES string of the molecule is Brc1nnc(Sc2ccc3c(c2)OCCO3)s1. The van der Waals surface area contributed by atoms with Crippen molar-refractivity contribution in [2.75, 3.05) is 13.2 Å². The zero-order valence-electron chi connectivity index (χ0n) is 8.55. The van der Waals surface area contributed by atoms with Gasteiger partial charge in [0.2, 0.25) is 0 Å². The summed E-state index contributed by atoms with van der Waals surface area (Å²) in [6.45, 7) is 1.22. The molecule has 0 saturated carbocycles. The topological polar surface area (TPSA) is 44.2 Å². The Morgan fingerprint density at radius 1 is 1.18 bits per heavy atom. The highest BCUT2D eigenvalue weighted by Crippen LogP contribution is 2.38. The molecule has 88 valence electrons. The van der Waals surface area contributed by atoms with Crippen molar-refractivity contribution in [1.29, 1.82) is 0 Å². The van der Waals surface area contributed by atoms with E-state index in [0.717, 1.165) is 24.7 Å². The first-order valence-electron chi connectivity index (χ1n) is 4.88. The number of rotatable bonds is 2. The summed E-state index contributed by atoms with van der Waals surface area (Å²) >= 11 is 6.36. The Morgan fingerprint density at radius 2 is 2.00 bits per heavy atom. The molecule has 17 heavy (non-hydrogen) atoms. The molecule has 0 radical (unpaired) electrons. The van der Waals surface area contributed by atoms with Crippen molar-refractivity contribution in [2.45, 2.75) is 9.24 Å². The van der Waals surface area contributed by atoms with Crippen LogP contribution in [0.1, 0.15) is 0 Å². The molecular weight excluding hydrogens is 324 g/mol. The zero-order chi connectivity index (χ0) is 11.7. The van der Waals surface area contributed by atoms with E-state index in [9.17, 15) is 0 Å². The second kappa shape index (κ2) is 4.83. The summed E-state index contributed by atoms with van der Waals surface area (Å²) in [4.78, 5) is 1.07. The maximum absolute atomic E-state index is 5.53. The third-order valence-corrected chi connectivity index (χ3v) is 4.50. The summed E-state index contributed by atoms with van der Waals surface area (Å²) in [5.41, 5.74) is 0. The van der Waals surface area contributed by atoms with Gasteiger partial charge in [-0.3, -0.25) is 0 Å². The van der Waals surface area contributed by atoms with E-state index < -0.39 is 0 Å². The highest BCUT2D eigenvalue weighted by molar-refractivity contribution is 9.11. The molecule has 3 rings (SSSR count). The van der Waals surface area contributed by atoms with Crippen molar-refractivity contribution in [2.24, 2.45) is 0 Å². The molecule has 0 N–H and O–H groups in total. The predicted molar refractivity (Wildman–Crippen MR) is 69.2 cm³/mol. The largest absolute Gasteiger partial charge is 0.486 e. The Balaban J connectivity index is 1.84. The van der Waals surface area contributed by atoms with Crippen LogP contribution in [0.15, 0.2) is 31.4 Å². The van der Waals surface area contributed by atoms with E-state index in [4.69, 9.17) is 9.47 Å². The third-order valence-electron chi connectivity index (χ3n) is 2.10. The van der Waals surface area contributed by atoms with E-state index in [-0.39, 0.29) is 0 Å². The normalized spacial score (nSPS) is 13.7. The van der Waals surface area contributed by atoms with Gasteiger partial charge in [0, 0.05) is 4.90 Å². The smallest absolute Gasteiger partial charge is 0.184 e. The van der Waals surface area contributed by atoms with Gasteiger partial charge in [0.15, 0.2) is 19.8 Å². The first kappa shape index (κ1) is 11.3. The maximum atomic E-state index is 5.53. The summed E-state index contributed by atoms with van der Waals surface area (Å²) < 4.78 is 12.7. The summed E-state index contributed by atoms with van der Waals surface area (Å²) in [6, 6.07) is 5.88. The average molecular weight is 331 g/mol. The fourth-order valence-corrected chi connectivity index (χ4v) is 3.87. The summed E-state index contributed by atoms with van der Waals surface area (Å²) in [6.07, 6.45) is 0. The van der Waals surface area contributed by atoms with Crippen LogP contribution in [-0.2, 0) is 0 Å². The molecule has 0 atom stereocenters. The van der Waals surface area contributed by atoms with Crippen molar-refractivity contribution in [3.05, 3.63) is 22.1 Å². The number of aromatic nitrogens is 2. The van der Waals surface area contributed by atoms with Crippen LogP contribution in [0.4, 0.5) is 0 Å². The molecule has 1 aromatic carbocycles. The first-order valence-corrected chi connectivity index (χ1v) is 7.30. The number of hydrogen-bond donors (Lipinski definition) is 0. The van der Waals surface area contributed by atoms with Crippen LogP contribution in [0.2, 0.25) is 0 Å². The Morgan fingerprint density at radius 3 is 2.76 bits per heavy atom. The van der Waals surface area contributed by atoms with Crippen molar-refractivity contribution >= 4 is 39.0 Å². The molecule has 0 bridgehead atoms. The molecular formula is C10H7BrN2O2S2. The van der Waals surface area contributed by atoms with Gasteiger partial charge in [-0.2, -0.15) is 0 Å². The molecule has 0 fully saturated rings. The van der Waals surface area contributed by atoms with Gasteiger partial charge in [-0.15, -0.1) is 10.2 Å². The molecule has 7 heteroatoms. The van der Waals surface area contributed by atoms with Crippen LogP contribution in [0.5, 0.6) is 11.5 Å². The van der Waals surface area contributed by atoms with Crippen LogP contribution in [-0.4, -0.2) is 23.4 Å². The second-order valence-electron chi connectivity index (χ2n) is 3.23. The van der Waals surface area contributed by atoms with Crippen molar-refractivity contribution in [3.63, 3.8) is 0 Å². The van der Waals surface area contributed by atoms with E-state index in [2.05, 4.69) is 26.1 Å². The molecule has 2 aromatic rings. The standard InChI is InChI=1S/C10H7BrN2O2S2/c11-9-12-13-10(17-9)16-6-1-2-7-8(5-6)15-4-3-14-7/h1-2,5H,3-4H2. The zero-order valence-corrected chi connectivity index (χ0v) is 11.8. The lowest BCUT2D eigenvalue weighted by atomic mass is 10.3. The minimum absolute atomic E-state index is 0.603. The lowest BCUT2D eigenvalue weighted by molar-refractivity contribution is 0.171. The Labute approximate surface area is 114 Å². The molecule has 1 aromatic heterocycles. The van der Waals surface area contributed by atoms with Gasteiger partial charge in [-0.1, -0.05) is 23.1 Å². The van der Waals surface area contributed by atoms with Gasteiger partial charge in [-0.05, 0) is 34.1 Å². The van der Waals surface area contributed by atoms with E-state index >= 15 is 0 Å². The van der Waals surface area contributed by atoms with Crippen molar-refractivity contribution in [1.82, 2.24) is 10.2 Å². The maximum Gasteiger partial charge on any atom is 0.184 e. The van der Waals surface area contributed by atoms with Gasteiger partial charge in [0.1, 0.15) is 13.2 Å². The Hall–Kier alpha value is -0.790. The van der Waals surface area contributed by atoms with Crippen LogP contribution in [0.25, 0.3) is 0 Å².